The van der Waals surface area contributed by atoms with Gasteiger partial charge in [-0.1, -0.05) is 319 Å². The summed E-state index contributed by atoms with van der Waals surface area (Å²) in [5.74, 6) is 10.7. The topological polar surface area (TPSA) is 0 Å². The number of hydrogen-bond acceptors (Lipinski definition) is 0. The van der Waals surface area contributed by atoms with E-state index in [9.17, 15) is 0 Å². The van der Waals surface area contributed by atoms with Crippen LogP contribution >= 0.6 is 0 Å². The Morgan fingerprint density at radius 3 is 0.790 bits per heavy atom. The quantitative estimate of drug-likeness (QED) is 0.265. The van der Waals surface area contributed by atoms with Gasteiger partial charge in [0.1, 0.15) is 0 Å². The first-order chi connectivity index (χ1) is 30.5. The molecule has 0 amide bonds. The molecule has 370 valence electrons. The van der Waals surface area contributed by atoms with Crippen molar-refractivity contribution < 1.29 is 0 Å². The second-order valence-corrected chi connectivity index (χ2v) is 23.2. The molecule has 0 saturated heterocycles. The van der Waals surface area contributed by atoms with Crippen LogP contribution in [0.5, 0.6) is 0 Å². The van der Waals surface area contributed by atoms with Gasteiger partial charge in [0.15, 0.2) is 0 Å². The van der Waals surface area contributed by atoms with E-state index in [1.807, 2.05) is 27.7 Å². The fraction of sp³-hybridized carbons (Fsp3) is 1.00. The van der Waals surface area contributed by atoms with Crippen LogP contribution in [0, 0.1) is 59.2 Å². The predicted octanol–water partition coefficient (Wildman–Crippen LogP) is 22.5. The van der Waals surface area contributed by atoms with Gasteiger partial charge in [0, 0.05) is 0 Å². The fourth-order valence-electron chi connectivity index (χ4n) is 12.9. The molecule has 0 aromatic carbocycles. The Morgan fingerprint density at radius 2 is 0.435 bits per heavy atom. The second-order valence-electron chi connectivity index (χ2n) is 23.2. The average molecular weight is 868 g/mol. The molecule has 6 atom stereocenters. The highest BCUT2D eigenvalue weighted by Gasteiger charge is 2.30. The van der Waals surface area contributed by atoms with Gasteiger partial charge in [0.25, 0.3) is 0 Å². The van der Waals surface area contributed by atoms with Crippen molar-refractivity contribution in [2.24, 2.45) is 59.2 Å². The summed E-state index contributed by atoms with van der Waals surface area (Å²) in [7, 11) is 0. The molecule has 0 radical (unpaired) electrons. The van der Waals surface area contributed by atoms with Crippen molar-refractivity contribution in [3.8, 4) is 0 Å². The molecule has 0 bridgehead atoms. The van der Waals surface area contributed by atoms with E-state index in [0.29, 0.717) is 0 Å². The molecule has 0 spiro atoms. The first kappa shape index (κ1) is 58.1. The summed E-state index contributed by atoms with van der Waals surface area (Å²) in [6, 6.07) is 0. The zero-order valence-corrected chi connectivity index (χ0v) is 44.9. The molecule has 0 heteroatoms. The van der Waals surface area contributed by atoms with Crippen LogP contribution in [0.4, 0.5) is 0 Å². The van der Waals surface area contributed by atoms with Gasteiger partial charge in [-0.05, 0) is 78.4 Å². The Hall–Kier alpha value is 0. The van der Waals surface area contributed by atoms with Gasteiger partial charge in [0.2, 0.25) is 0 Å². The lowest BCUT2D eigenvalue weighted by Gasteiger charge is -2.36. The molecule has 0 aromatic rings. The highest BCUT2D eigenvalue weighted by Crippen LogP contribution is 2.43. The van der Waals surface area contributed by atoms with E-state index in [0.717, 1.165) is 59.2 Å². The lowest BCUT2D eigenvalue weighted by atomic mass is 9.69. The van der Waals surface area contributed by atoms with Gasteiger partial charge in [-0.25, -0.2) is 0 Å². The van der Waals surface area contributed by atoms with Crippen molar-refractivity contribution in [2.75, 3.05) is 0 Å². The Kier molecular flexibility index (Phi) is 37.6. The van der Waals surface area contributed by atoms with Gasteiger partial charge in [-0.2, -0.15) is 0 Å². The zero-order chi connectivity index (χ0) is 44.9. The van der Waals surface area contributed by atoms with Gasteiger partial charge in [0.05, 0.1) is 0 Å². The molecule has 8 aliphatic rings. The van der Waals surface area contributed by atoms with Crippen LogP contribution in [0.25, 0.3) is 0 Å². The lowest BCUT2D eigenvalue weighted by Crippen LogP contribution is -2.24. The predicted molar refractivity (Wildman–Crippen MR) is 283 cm³/mol. The Morgan fingerprint density at radius 1 is 0.194 bits per heavy atom. The van der Waals surface area contributed by atoms with Crippen molar-refractivity contribution in [1.29, 1.82) is 0 Å². The van der Waals surface area contributed by atoms with E-state index in [-0.39, 0.29) is 0 Å². The minimum atomic E-state index is 1.00. The maximum Gasteiger partial charge on any atom is -0.0360 e. The molecule has 8 aliphatic carbocycles. The molecule has 62 heavy (non-hydrogen) atoms. The maximum atomic E-state index is 2.55. The van der Waals surface area contributed by atoms with Crippen LogP contribution in [-0.2, 0) is 0 Å². The first-order valence-electron chi connectivity index (χ1n) is 30.5. The molecular weight excluding hydrogens is 745 g/mol. The van der Waals surface area contributed by atoms with Crippen LogP contribution in [-0.4, -0.2) is 0 Å². The minimum absolute atomic E-state index is 1.00. The standard InChI is InChI=1S/C18H34.2C13H24.C10H20.C4H8.2C2H6/c1-15-9-7-12-17(13-8-10-15)18-14-6-4-3-5-11-16(18)2;2*1-11-6-3-2-4-7-13(10-11)12-8-5-9-12;1-2-4-6-8-10-9-7-5-3-1;1-2-4-3-1;2*1-2/h15-18H,3-14H2,1-2H3;2*11-13H,2-10H2,1H3;1-10H2;1-4H2;2*1-2H3/t15?,16-,17?,18?;;;;;;/m1....../s1. The third kappa shape index (κ3) is 27.6. The lowest BCUT2D eigenvalue weighted by molar-refractivity contribution is 0.153. The van der Waals surface area contributed by atoms with Crippen molar-refractivity contribution in [1.82, 2.24) is 0 Å². The third-order valence-electron chi connectivity index (χ3n) is 17.9. The minimum Gasteiger partial charge on any atom is -0.0683 e. The first-order valence-corrected chi connectivity index (χ1v) is 30.5. The van der Waals surface area contributed by atoms with Gasteiger partial charge in [-0.3, -0.25) is 0 Å². The largest absolute Gasteiger partial charge is 0.0683 e. The van der Waals surface area contributed by atoms with Crippen LogP contribution in [0.1, 0.15) is 338 Å². The Labute approximate surface area is 395 Å². The monoisotopic (exact) mass is 867 g/mol. The summed E-state index contributed by atoms with van der Waals surface area (Å²) in [5.41, 5.74) is 0. The zero-order valence-electron chi connectivity index (χ0n) is 44.9. The van der Waals surface area contributed by atoms with E-state index in [1.54, 1.807) is 70.6 Å². The van der Waals surface area contributed by atoms with Crippen LogP contribution in [0.15, 0.2) is 0 Å². The molecule has 0 heterocycles. The molecule has 5 unspecified atom stereocenters. The van der Waals surface area contributed by atoms with Crippen LogP contribution < -0.4 is 0 Å². The summed E-state index contributed by atoms with van der Waals surface area (Å²) < 4.78 is 0. The number of rotatable bonds is 3. The molecular formula is C62H122. The SMILES string of the molecule is C1CCC1.C1CCCCCCCCC1.CC.CC.CC1CCCC(C2CCCCCC[C@H]2C)CCC1.CC1CCCCCC(C2CCC2)C1.CC1CCCCCC(C2CCC2)C1. The average Bonchev–Trinajstić information content (AvgIpc) is 3.18. The molecule has 8 fully saturated rings. The highest BCUT2D eigenvalue weighted by molar-refractivity contribution is 4.82. The van der Waals surface area contributed by atoms with E-state index in [2.05, 4.69) is 27.7 Å². The third-order valence-corrected chi connectivity index (χ3v) is 17.9. The van der Waals surface area contributed by atoms with Gasteiger partial charge >= 0.3 is 0 Å². The van der Waals surface area contributed by atoms with Crippen molar-refractivity contribution >= 4 is 0 Å². The van der Waals surface area contributed by atoms with E-state index >= 15 is 0 Å². The second kappa shape index (κ2) is 40.1. The van der Waals surface area contributed by atoms with E-state index < -0.39 is 0 Å². The fourth-order valence-corrected chi connectivity index (χ4v) is 12.9. The molecule has 8 rings (SSSR count). The Balaban J connectivity index is 0.000000273. The van der Waals surface area contributed by atoms with Crippen molar-refractivity contribution in [3.05, 3.63) is 0 Å². The van der Waals surface area contributed by atoms with Crippen molar-refractivity contribution in [3.63, 3.8) is 0 Å². The van der Waals surface area contributed by atoms with E-state index in [4.69, 9.17) is 0 Å². The van der Waals surface area contributed by atoms with Crippen molar-refractivity contribution in [2.45, 2.75) is 338 Å². The molecule has 8 saturated carbocycles. The normalized spacial score (nSPS) is 33.1. The smallest absolute Gasteiger partial charge is 0.0360 e. The van der Waals surface area contributed by atoms with E-state index in [1.165, 1.54) is 212 Å². The van der Waals surface area contributed by atoms with Crippen LogP contribution in [0.3, 0.4) is 0 Å². The van der Waals surface area contributed by atoms with Gasteiger partial charge in [-0.15, -0.1) is 0 Å². The molecule has 0 nitrogen and oxygen atoms in total. The summed E-state index contributed by atoms with van der Waals surface area (Å²) >= 11 is 0. The molecule has 0 N–H and O–H groups in total. The summed E-state index contributed by atoms with van der Waals surface area (Å²) in [5, 5.41) is 0. The number of hydrogen-bond donors (Lipinski definition) is 0. The highest BCUT2D eigenvalue weighted by atomic mass is 14.4. The van der Waals surface area contributed by atoms with Gasteiger partial charge < -0.3 is 0 Å². The summed E-state index contributed by atoms with van der Waals surface area (Å²) in [4.78, 5) is 0. The Bertz CT molecular complexity index is 824. The summed E-state index contributed by atoms with van der Waals surface area (Å²) in [6.07, 6.45) is 66.7. The van der Waals surface area contributed by atoms with Crippen LogP contribution in [0.2, 0.25) is 0 Å². The summed E-state index contributed by atoms with van der Waals surface area (Å²) in [6.45, 7) is 17.9. The molecule has 0 aromatic heterocycles. The maximum absolute atomic E-state index is 2.55. The molecule has 0 aliphatic heterocycles.